The van der Waals surface area contributed by atoms with Crippen LogP contribution in [0.25, 0.3) is 0 Å². The molecule has 2 aliphatic rings. The Labute approximate surface area is 140 Å². The Kier molecular flexibility index (Phi) is 3.93. The number of anilines is 1. The fraction of sp³-hybridized carbons (Fsp3) is 0.368. The zero-order valence-electron chi connectivity index (χ0n) is 12.6. The maximum atomic E-state index is 3.77. The first-order valence-electron chi connectivity index (χ1n) is 8.12. The van der Waals surface area contributed by atoms with Gasteiger partial charge in [-0.2, -0.15) is 0 Å². The van der Waals surface area contributed by atoms with Gasteiger partial charge in [0.1, 0.15) is 0 Å². The van der Waals surface area contributed by atoms with Crippen LogP contribution < -0.4 is 10.2 Å². The van der Waals surface area contributed by atoms with Gasteiger partial charge in [0, 0.05) is 41.8 Å². The van der Waals surface area contributed by atoms with Crippen molar-refractivity contribution in [3.63, 3.8) is 0 Å². The number of benzene rings is 2. The molecule has 114 valence electrons. The van der Waals surface area contributed by atoms with E-state index in [1.54, 1.807) is 0 Å². The third-order valence-electron chi connectivity index (χ3n) is 4.67. The van der Waals surface area contributed by atoms with Crippen LogP contribution in [-0.4, -0.2) is 19.1 Å². The molecule has 1 fully saturated rings. The second kappa shape index (κ2) is 6.05. The summed E-state index contributed by atoms with van der Waals surface area (Å²) in [7, 11) is 0. The van der Waals surface area contributed by atoms with E-state index < -0.39 is 0 Å². The second-order valence-electron chi connectivity index (χ2n) is 6.42. The number of nitrogens with zero attached hydrogens (tertiary/aromatic N) is 1. The summed E-state index contributed by atoms with van der Waals surface area (Å²) in [6, 6.07) is 18.1. The normalized spacial score (nSPS) is 20.2. The van der Waals surface area contributed by atoms with Gasteiger partial charge in [0.2, 0.25) is 0 Å². The lowest BCUT2D eigenvalue weighted by molar-refractivity contribution is 0.589. The van der Waals surface area contributed by atoms with Gasteiger partial charge in [0.15, 0.2) is 0 Å². The molecule has 2 aromatic carbocycles. The molecule has 0 amide bonds. The van der Waals surface area contributed by atoms with Crippen molar-refractivity contribution in [2.45, 2.75) is 31.3 Å². The second-order valence-corrected chi connectivity index (χ2v) is 7.27. The van der Waals surface area contributed by atoms with Crippen molar-refractivity contribution in [2.24, 2.45) is 0 Å². The minimum atomic E-state index is 0.579. The monoisotopic (exact) mass is 356 g/mol. The van der Waals surface area contributed by atoms with E-state index in [0.29, 0.717) is 5.92 Å². The molecule has 1 saturated carbocycles. The lowest BCUT2D eigenvalue weighted by Gasteiger charge is -2.20. The molecule has 1 atom stereocenters. The highest BCUT2D eigenvalue weighted by molar-refractivity contribution is 9.10. The first-order valence-corrected chi connectivity index (χ1v) is 8.91. The maximum absolute atomic E-state index is 3.77. The van der Waals surface area contributed by atoms with E-state index in [1.165, 1.54) is 34.1 Å². The van der Waals surface area contributed by atoms with Gasteiger partial charge in [0.25, 0.3) is 0 Å². The van der Waals surface area contributed by atoms with Gasteiger partial charge in [-0.25, -0.2) is 0 Å². The third-order valence-corrected chi connectivity index (χ3v) is 5.36. The van der Waals surface area contributed by atoms with Crippen molar-refractivity contribution < 1.29 is 0 Å². The molecule has 2 nitrogen and oxygen atoms in total. The molecule has 0 radical (unpaired) electrons. The van der Waals surface area contributed by atoms with Crippen LogP contribution in [0.1, 0.15) is 29.9 Å². The molecule has 2 aromatic rings. The number of halogens is 1. The van der Waals surface area contributed by atoms with Gasteiger partial charge in [0.05, 0.1) is 0 Å². The van der Waals surface area contributed by atoms with Crippen molar-refractivity contribution in [3.8, 4) is 0 Å². The molecule has 0 spiro atoms. The lowest BCUT2D eigenvalue weighted by atomic mass is 10.0. The van der Waals surface area contributed by atoms with Crippen LogP contribution >= 0.6 is 15.9 Å². The molecule has 0 saturated heterocycles. The van der Waals surface area contributed by atoms with Crippen LogP contribution in [0.5, 0.6) is 0 Å². The number of rotatable bonds is 5. The molecule has 1 unspecified atom stereocenters. The van der Waals surface area contributed by atoms with Crippen LogP contribution in [-0.2, 0) is 6.54 Å². The molecule has 4 rings (SSSR count). The smallest absolute Gasteiger partial charge is 0.0429 e. The lowest BCUT2D eigenvalue weighted by Crippen LogP contribution is -2.28. The summed E-state index contributed by atoms with van der Waals surface area (Å²) in [5, 5.41) is 3.70. The van der Waals surface area contributed by atoms with E-state index in [1.807, 2.05) is 0 Å². The fourth-order valence-electron chi connectivity index (χ4n) is 3.38. The predicted octanol–water partition coefficient (Wildman–Crippen LogP) is 4.30. The molecule has 1 heterocycles. The Bertz CT molecular complexity index is 652. The van der Waals surface area contributed by atoms with Gasteiger partial charge in [-0.15, -0.1) is 0 Å². The summed E-state index contributed by atoms with van der Waals surface area (Å²) >= 11 is 3.77. The van der Waals surface area contributed by atoms with Gasteiger partial charge in [-0.1, -0.05) is 52.3 Å². The Balaban J connectivity index is 1.57. The third kappa shape index (κ3) is 2.92. The van der Waals surface area contributed by atoms with Crippen molar-refractivity contribution in [1.82, 2.24) is 5.32 Å². The summed E-state index contributed by atoms with van der Waals surface area (Å²) in [5.74, 6) is 0.579. The van der Waals surface area contributed by atoms with Crippen molar-refractivity contribution >= 4 is 21.6 Å². The van der Waals surface area contributed by atoms with Crippen LogP contribution in [0.2, 0.25) is 0 Å². The largest absolute Gasteiger partial charge is 0.366 e. The van der Waals surface area contributed by atoms with E-state index in [0.717, 1.165) is 25.7 Å². The zero-order valence-corrected chi connectivity index (χ0v) is 14.2. The molecule has 1 aliphatic heterocycles. The van der Waals surface area contributed by atoms with E-state index in [9.17, 15) is 0 Å². The fourth-order valence-corrected chi connectivity index (χ4v) is 4.06. The molecule has 1 N–H and O–H groups in total. The predicted molar refractivity (Wildman–Crippen MR) is 95.4 cm³/mol. The SMILES string of the molecule is Brc1cccc2c1C(CNC1CC1)CN2Cc1ccccc1. The quantitative estimate of drug-likeness (QED) is 0.858. The van der Waals surface area contributed by atoms with Crippen molar-refractivity contribution in [1.29, 1.82) is 0 Å². The average Bonchev–Trinajstić information content (AvgIpc) is 3.30. The van der Waals surface area contributed by atoms with Crippen LogP contribution in [0, 0.1) is 0 Å². The van der Waals surface area contributed by atoms with E-state index in [4.69, 9.17) is 0 Å². The number of nitrogens with one attached hydrogen (secondary N) is 1. The zero-order chi connectivity index (χ0) is 14.9. The number of hydrogen-bond acceptors (Lipinski definition) is 2. The first-order chi connectivity index (χ1) is 10.8. The Morgan fingerprint density at radius 1 is 1.05 bits per heavy atom. The van der Waals surface area contributed by atoms with Gasteiger partial charge >= 0.3 is 0 Å². The molecule has 0 bridgehead atoms. The Morgan fingerprint density at radius 3 is 2.64 bits per heavy atom. The van der Waals surface area contributed by atoms with Gasteiger partial charge < -0.3 is 10.2 Å². The van der Waals surface area contributed by atoms with Crippen LogP contribution in [0.3, 0.4) is 0 Å². The minimum Gasteiger partial charge on any atom is -0.366 e. The Hall–Kier alpha value is -1.32. The maximum Gasteiger partial charge on any atom is 0.0429 e. The average molecular weight is 357 g/mol. The Morgan fingerprint density at radius 2 is 1.86 bits per heavy atom. The first kappa shape index (κ1) is 14.3. The van der Waals surface area contributed by atoms with Crippen molar-refractivity contribution in [2.75, 3.05) is 18.0 Å². The molecular weight excluding hydrogens is 336 g/mol. The van der Waals surface area contributed by atoms with E-state index in [2.05, 4.69) is 74.7 Å². The topological polar surface area (TPSA) is 15.3 Å². The molecular formula is C19H21BrN2. The summed E-state index contributed by atoms with van der Waals surface area (Å²) in [5.41, 5.74) is 4.25. The molecule has 22 heavy (non-hydrogen) atoms. The summed E-state index contributed by atoms with van der Waals surface area (Å²) in [6.07, 6.45) is 2.70. The van der Waals surface area contributed by atoms with E-state index >= 15 is 0 Å². The molecule has 0 aromatic heterocycles. The molecule has 1 aliphatic carbocycles. The summed E-state index contributed by atoms with van der Waals surface area (Å²) in [6.45, 7) is 3.18. The van der Waals surface area contributed by atoms with Gasteiger partial charge in [-0.05, 0) is 36.1 Å². The minimum absolute atomic E-state index is 0.579. The summed E-state index contributed by atoms with van der Waals surface area (Å²) < 4.78 is 1.25. The van der Waals surface area contributed by atoms with Crippen molar-refractivity contribution in [3.05, 3.63) is 64.1 Å². The highest BCUT2D eigenvalue weighted by atomic mass is 79.9. The highest BCUT2D eigenvalue weighted by Crippen LogP contribution is 2.41. The standard InChI is InChI=1S/C19H21BrN2/c20-17-7-4-8-18-19(17)15(11-21-16-9-10-16)13-22(18)12-14-5-2-1-3-6-14/h1-8,15-16,21H,9-13H2. The van der Waals surface area contributed by atoms with Gasteiger partial charge in [-0.3, -0.25) is 0 Å². The number of fused-ring (bicyclic) bond motifs is 1. The van der Waals surface area contributed by atoms with E-state index in [-0.39, 0.29) is 0 Å². The highest BCUT2D eigenvalue weighted by Gasteiger charge is 2.31. The number of hydrogen-bond donors (Lipinski definition) is 1. The van der Waals surface area contributed by atoms with Crippen LogP contribution in [0.15, 0.2) is 53.0 Å². The summed E-state index contributed by atoms with van der Waals surface area (Å²) in [4.78, 5) is 2.52. The van der Waals surface area contributed by atoms with Crippen LogP contribution in [0.4, 0.5) is 5.69 Å². The molecule has 3 heteroatoms.